The number of hydrogen-bond acceptors (Lipinski definition) is 5. The average molecular weight is 261 g/mol. The number of rotatable bonds is 3. The van der Waals surface area contributed by atoms with E-state index in [4.69, 9.17) is 37.6 Å². The Hall–Kier alpha value is -1.30. The summed E-state index contributed by atoms with van der Waals surface area (Å²) in [4.78, 5) is 3.75. The van der Waals surface area contributed by atoms with Gasteiger partial charge in [0.1, 0.15) is 12.4 Å². The molecule has 1 heterocycles. The van der Waals surface area contributed by atoms with Gasteiger partial charge in [0.2, 0.25) is 5.82 Å². The van der Waals surface area contributed by atoms with E-state index in [1.807, 2.05) is 0 Å². The fourth-order valence-corrected chi connectivity index (χ4v) is 1.54. The summed E-state index contributed by atoms with van der Waals surface area (Å²) in [5.74, 6) is 0.522. The van der Waals surface area contributed by atoms with E-state index in [0.29, 0.717) is 15.8 Å². The second-order valence-electron chi connectivity index (χ2n) is 2.84. The van der Waals surface area contributed by atoms with Crippen LogP contribution in [0.15, 0.2) is 22.7 Å². The van der Waals surface area contributed by atoms with Gasteiger partial charge in [0.05, 0.1) is 0 Å². The van der Waals surface area contributed by atoms with Crippen molar-refractivity contribution in [3.63, 3.8) is 0 Å². The molecule has 0 spiro atoms. The number of aromatic nitrogens is 2. The summed E-state index contributed by atoms with van der Waals surface area (Å²) in [6, 6.07) is 4.68. The Morgan fingerprint density at radius 1 is 1.25 bits per heavy atom. The summed E-state index contributed by atoms with van der Waals surface area (Å²) in [5, 5.41) is 13.0. The van der Waals surface area contributed by atoms with Crippen LogP contribution in [0, 0.1) is 0 Å². The highest BCUT2D eigenvalue weighted by atomic mass is 35.5. The maximum absolute atomic E-state index is 8.72. The molecule has 0 aliphatic heterocycles. The first-order valence-electron chi connectivity index (χ1n) is 4.25. The summed E-state index contributed by atoms with van der Waals surface area (Å²) in [6.45, 7) is -0.316. The third-order valence-electron chi connectivity index (χ3n) is 1.63. The van der Waals surface area contributed by atoms with Crippen LogP contribution in [0.5, 0.6) is 11.8 Å². The van der Waals surface area contributed by atoms with Crippen LogP contribution in [0.25, 0.3) is 0 Å². The highest BCUT2D eigenvalue weighted by Gasteiger charge is 2.08. The molecule has 0 atom stereocenters. The summed E-state index contributed by atoms with van der Waals surface area (Å²) in [5.41, 5.74) is 0. The minimum atomic E-state index is -0.316. The standard InChI is InChI=1S/C9H6Cl2N2O3/c10-5-1-6(11)3-7(2-5)15-9-12-8(4-14)13-16-9/h1-3,14H,4H2. The van der Waals surface area contributed by atoms with Gasteiger partial charge >= 0.3 is 6.08 Å². The quantitative estimate of drug-likeness (QED) is 0.919. The number of aliphatic hydroxyl groups is 1. The summed E-state index contributed by atoms with van der Waals surface area (Å²) >= 11 is 11.6. The first-order chi connectivity index (χ1) is 7.67. The largest absolute Gasteiger partial charge is 0.423 e. The molecule has 1 aromatic heterocycles. The maximum Gasteiger partial charge on any atom is 0.423 e. The summed E-state index contributed by atoms with van der Waals surface area (Å²) in [6.07, 6.45) is -0.0811. The molecule has 0 aliphatic rings. The Morgan fingerprint density at radius 2 is 1.94 bits per heavy atom. The zero-order valence-corrected chi connectivity index (χ0v) is 9.37. The van der Waals surface area contributed by atoms with Gasteiger partial charge in [-0.3, -0.25) is 4.52 Å². The van der Waals surface area contributed by atoms with Crippen molar-refractivity contribution in [1.82, 2.24) is 10.1 Å². The minimum absolute atomic E-state index is 0.0811. The molecule has 0 fully saturated rings. The Balaban J connectivity index is 2.19. The van der Waals surface area contributed by atoms with Gasteiger partial charge in [0, 0.05) is 10.0 Å². The van der Waals surface area contributed by atoms with Gasteiger partial charge in [0.25, 0.3) is 0 Å². The van der Waals surface area contributed by atoms with E-state index in [2.05, 4.69) is 10.1 Å². The lowest BCUT2D eigenvalue weighted by atomic mass is 10.3. The fourth-order valence-electron chi connectivity index (χ4n) is 1.03. The fraction of sp³-hybridized carbons (Fsp3) is 0.111. The van der Waals surface area contributed by atoms with E-state index in [1.54, 1.807) is 18.2 Å². The van der Waals surface area contributed by atoms with E-state index in [1.165, 1.54) is 0 Å². The second-order valence-corrected chi connectivity index (χ2v) is 3.71. The van der Waals surface area contributed by atoms with Crippen molar-refractivity contribution >= 4 is 23.2 Å². The first kappa shape index (κ1) is 11.2. The number of hydrogen-bond donors (Lipinski definition) is 1. The number of aliphatic hydroxyl groups excluding tert-OH is 1. The molecule has 0 unspecified atom stereocenters. The Morgan fingerprint density at radius 3 is 2.50 bits per heavy atom. The van der Waals surface area contributed by atoms with Gasteiger partial charge in [-0.1, -0.05) is 28.4 Å². The molecule has 0 aliphatic carbocycles. The van der Waals surface area contributed by atoms with Gasteiger partial charge in [0.15, 0.2) is 0 Å². The summed E-state index contributed by atoms with van der Waals surface area (Å²) < 4.78 is 9.91. The van der Waals surface area contributed by atoms with Crippen molar-refractivity contribution in [3.05, 3.63) is 34.1 Å². The molecule has 2 rings (SSSR count). The average Bonchev–Trinajstić information content (AvgIpc) is 2.64. The lowest BCUT2D eigenvalue weighted by molar-refractivity contribution is 0.255. The predicted octanol–water partition coefficient (Wildman–Crippen LogP) is 2.66. The number of benzene rings is 1. The van der Waals surface area contributed by atoms with Crippen LogP contribution >= 0.6 is 23.2 Å². The van der Waals surface area contributed by atoms with Crippen LogP contribution in [-0.4, -0.2) is 15.2 Å². The molecule has 0 radical (unpaired) electrons. The van der Waals surface area contributed by atoms with Crippen molar-refractivity contribution in [2.75, 3.05) is 0 Å². The van der Waals surface area contributed by atoms with Crippen LogP contribution in [0.1, 0.15) is 5.82 Å². The zero-order chi connectivity index (χ0) is 11.5. The molecular formula is C9H6Cl2N2O3. The molecule has 0 bridgehead atoms. The lowest BCUT2D eigenvalue weighted by Gasteiger charge is -2.00. The van der Waals surface area contributed by atoms with E-state index >= 15 is 0 Å². The monoisotopic (exact) mass is 260 g/mol. The van der Waals surface area contributed by atoms with Gasteiger partial charge < -0.3 is 9.84 Å². The smallest absolute Gasteiger partial charge is 0.410 e. The predicted molar refractivity (Wildman–Crippen MR) is 56.8 cm³/mol. The highest BCUT2D eigenvalue weighted by Crippen LogP contribution is 2.27. The molecular weight excluding hydrogens is 255 g/mol. The molecule has 5 nitrogen and oxygen atoms in total. The Labute approximate surface area is 101 Å². The van der Waals surface area contributed by atoms with Crippen LogP contribution in [0.3, 0.4) is 0 Å². The van der Waals surface area contributed by atoms with E-state index in [-0.39, 0.29) is 18.5 Å². The molecule has 1 N–H and O–H groups in total. The summed E-state index contributed by atoms with van der Waals surface area (Å²) in [7, 11) is 0. The molecule has 0 amide bonds. The van der Waals surface area contributed by atoms with Crippen molar-refractivity contribution in [1.29, 1.82) is 0 Å². The number of nitrogens with zero attached hydrogens (tertiary/aromatic N) is 2. The highest BCUT2D eigenvalue weighted by molar-refractivity contribution is 6.34. The van der Waals surface area contributed by atoms with Crippen LogP contribution in [-0.2, 0) is 6.61 Å². The van der Waals surface area contributed by atoms with Gasteiger partial charge in [-0.15, -0.1) is 0 Å². The van der Waals surface area contributed by atoms with Gasteiger partial charge in [-0.05, 0) is 18.2 Å². The van der Waals surface area contributed by atoms with Gasteiger partial charge in [-0.2, -0.15) is 4.98 Å². The molecule has 0 saturated carbocycles. The number of halogens is 2. The third kappa shape index (κ3) is 2.63. The van der Waals surface area contributed by atoms with Crippen molar-refractivity contribution in [2.24, 2.45) is 0 Å². The third-order valence-corrected chi connectivity index (χ3v) is 2.07. The molecule has 0 saturated heterocycles. The number of ether oxygens (including phenoxy) is 1. The van der Waals surface area contributed by atoms with Crippen LogP contribution < -0.4 is 4.74 Å². The Bertz CT molecular complexity index is 481. The topological polar surface area (TPSA) is 68.4 Å². The first-order valence-corrected chi connectivity index (χ1v) is 5.00. The van der Waals surface area contributed by atoms with Crippen molar-refractivity contribution < 1.29 is 14.4 Å². The molecule has 2 aromatic rings. The maximum atomic E-state index is 8.72. The SMILES string of the molecule is OCc1noc(Oc2cc(Cl)cc(Cl)c2)n1. The zero-order valence-electron chi connectivity index (χ0n) is 7.85. The van der Waals surface area contributed by atoms with Crippen LogP contribution in [0.2, 0.25) is 10.0 Å². The second kappa shape index (κ2) is 4.69. The van der Waals surface area contributed by atoms with Crippen molar-refractivity contribution in [3.8, 4) is 11.8 Å². The van der Waals surface area contributed by atoms with Crippen LogP contribution in [0.4, 0.5) is 0 Å². The minimum Gasteiger partial charge on any atom is -0.410 e. The normalized spacial score (nSPS) is 10.4. The molecule has 7 heteroatoms. The van der Waals surface area contributed by atoms with Gasteiger partial charge in [-0.25, -0.2) is 0 Å². The lowest BCUT2D eigenvalue weighted by Crippen LogP contribution is -1.87. The molecule has 84 valence electrons. The van der Waals surface area contributed by atoms with E-state index in [0.717, 1.165) is 0 Å². The molecule has 16 heavy (non-hydrogen) atoms. The van der Waals surface area contributed by atoms with E-state index in [9.17, 15) is 0 Å². The van der Waals surface area contributed by atoms with E-state index < -0.39 is 0 Å². The molecule has 1 aromatic carbocycles. The Kier molecular flexibility index (Phi) is 3.28. The van der Waals surface area contributed by atoms with Crippen molar-refractivity contribution in [2.45, 2.75) is 6.61 Å².